The molecule has 4 nitrogen and oxygen atoms in total. The molecule has 0 aliphatic rings. The summed E-state index contributed by atoms with van der Waals surface area (Å²) in [4.78, 5) is 0.408. The monoisotopic (exact) mass is 310 g/mol. The van der Waals surface area contributed by atoms with Crippen LogP contribution in [0.2, 0.25) is 0 Å². The molecule has 1 rings (SSSR count). The Morgan fingerprint density at radius 1 is 1.33 bits per heavy atom. The number of sulfonamides is 1. The van der Waals surface area contributed by atoms with Gasteiger partial charge in [0.15, 0.2) is 0 Å². The summed E-state index contributed by atoms with van der Waals surface area (Å²) >= 11 is 0. The van der Waals surface area contributed by atoms with Crippen LogP contribution in [0.5, 0.6) is 0 Å². The van der Waals surface area contributed by atoms with Gasteiger partial charge in [-0.2, -0.15) is 4.31 Å². The van der Waals surface area contributed by atoms with Crippen LogP contribution in [0.4, 0.5) is 0 Å². The summed E-state index contributed by atoms with van der Waals surface area (Å²) in [5.74, 6) is 0. The third kappa shape index (κ3) is 4.66. The molecule has 0 fully saturated rings. The van der Waals surface area contributed by atoms with Crippen molar-refractivity contribution in [2.75, 3.05) is 20.1 Å². The summed E-state index contributed by atoms with van der Waals surface area (Å²) in [7, 11) is -1.88. The Kier molecular flexibility index (Phi) is 7.08. The zero-order valence-electron chi connectivity index (χ0n) is 13.2. The number of nitrogens with zero attached hydrogens (tertiary/aromatic N) is 1. The second-order valence-corrected chi connectivity index (χ2v) is 7.06. The Balaban J connectivity index is 3.13. The van der Waals surface area contributed by atoms with E-state index < -0.39 is 10.0 Å². The summed E-state index contributed by atoms with van der Waals surface area (Å²) in [6.45, 7) is 9.60. The van der Waals surface area contributed by atoms with Gasteiger partial charge in [0.1, 0.15) is 0 Å². The molecule has 1 aromatic rings. The van der Waals surface area contributed by atoms with Gasteiger partial charge in [0.05, 0.1) is 4.90 Å². The average Bonchev–Trinajstić information content (AvgIpc) is 2.47. The molecule has 1 N–H and O–H groups in total. The van der Waals surface area contributed by atoms with Gasteiger partial charge in [0.25, 0.3) is 0 Å². The third-order valence-electron chi connectivity index (χ3n) is 3.34. The second-order valence-electron chi connectivity index (χ2n) is 5.05. The number of rotatable bonds is 9. The number of likely N-dealkylation sites (N-methyl/N-ethyl adjacent to an activating group) is 1. The number of nitrogens with one attached hydrogen (secondary N) is 1. The predicted molar refractivity (Wildman–Crippen MR) is 87.8 cm³/mol. The van der Waals surface area contributed by atoms with Crippen LogP contribution in [0.3, 0.4) is 0 Å². The molecule has 0 spiro atoms. The summed E-state index contributed by atoms with van der Waals surface area (Å²) < 4.78 is 26.6. The van der Waals surface area contributed by atoms with Crippen molar-refractivity contribution >= 4 is 10.0 Å². The van der Waals surface area contributed by atoms with Crippen LogP contribution in [-0.2, 0) is 23.0 Å². The fourth-order valence-corrected chi connectivity index (χ4v) is 3.58. The standard InChI is InChI=1S/C16H26N2O2S/c1-5-10-17-13-14-8-9-15(7-3)16(12-14)21(19,20)18(4)11-6-2/h6,8-9,12,17H,2,5,7,10-11,13H2,1,3-4H3. The van der Waals surface area contributed by atoms with Crippen molar-refractivity contribution in [1.82, 2.24) is 9.62 Å². The number of hydrogen-bond donors (Lipinski definition) is 1. The van der Waals surface area contributed by atoms with E-state index in [1.54, 1.807) is 19.2 Å². The van der Waals surface area contributed by atoms with Crippen molar-refractivity contribution in [3.8, 4) is 0 Å². The minimum atomic E-state index is -3.46. The maximum absolute atomic E-state index is 12.6. The summed E-state index contributed by atoms with van der Waals surface area (Å²) in [6.07, 6.45) is 3.34. The van der Waals surface area contributed by atoms with Crippen LogP contribution in [0.1, 0.15) is 31.4 Å². The molecule has 0 heterocycles. The molecule has 118 valence electrons. The van der Waals surface area contributed by atoms with Crippen molar-refractivity contribution in [2.24, 2.45) is 0 Å². The molecular formula is C16H26N2O2S. The van der Waals surface area contributed by atoms with Crippen LogP contribution in [0.25, 0.3) is 0 Å². The lowest BCUT2D eigenvalue weighted by Crippen LogP contribution is -2.28. The fraction of sp³-hybridized carbons (Fsp3) is 0.500. The van der Waals surface area contributed by atoms with Gasteiger partial charge in [-0.1, -0.05) is 32.1 Å². The Morgan fingerprint density at radius 2 is 2.05 bits per heavy atom. The van der Waals surface area contributed by atoms with Gasteiger partial charge in [0.2, 0.25) is 10.0 Å². The normalized spacial score (nSPS) is 11.8. The average molecular weight is 310 g/mol. The van der Waals surface area contributed by atoms with Crippen LogP contribution in [-0.4, -0.2) is 32.9 Å². The molecule has 21 heavy (non-hydrogen) atoms. The van der Waals surface area contributed by atoms with Crippen LogP contribution >= 0.6 is 0 Å². The quantitative estimate of drug-likeness (QED) is 0.563. The van der Waals surface area contributed by atoms with Gasteiger partial charge in [-0.05, 0) is 36.6 Å². The molecule has 5 heteroatoms. The molecule has 0 saturated carbocycles. The molecular weight excluding hydrogens is 284 g/mol. The van der Waals surface area contributed by atoms with E-state index in [4.69, 9.17) is 0 Å². The first-order chi connectivity index (χ1) is 9.97. The van der Waals surface area contributed by atoms with E-state index in [-0.39, 0.29) is 0 Å². The minimum Gasteiger partial charge on any atom is -0.313 e. The first-order valence-corrected chi connectivity index (χ1v) is 8.81. The molecule has 0 amide bonds. The SMILES string of the molecule is C=CCN(C)S(=O)(=O)c1cc(CNCCC)ccc1CC. The number of aryl methyl sites for hydroxylation is 1. The molecule has 1 aromatic carbocycles. The Hall–Kier alpha value is -1.17. The summed E-state index contributed by atoms with van der Waals surface area (Å²) in [6, 6.07) is 5.70. The van der Waals surface area contributed by atoms with Crippen LogP contribution in [0.15, 0.2) is 35.7 Å². The van der Waals surface area contributed by atoms with E-state index in [2.05, 4.69) is 18.8 Å². The van der Waals surface area contributed by atoms with E-state index in [0.29, 0.717) is 24.4 Å². The first-order valence-electron chi connectivity index (χ1n) is 7.37. The summed E-state index contributed by atoms with van der Waals surface area (Å²) in [5.41, 5.74) is 1.84. The van der Waals surface area contributed by atoms with E-state index >= 15 is 0 Å². The van der Waals surface area contributed by atoms with Crippen molar-refractivity contribution < 1.29 is 8.42 Å². The maximum Gasteiger partial charge on any atom is 0.243 e. The molecule has 0 saturated heterocycles. The maximum atomic E-state index is 12.6. The molecule has 0 unspecified atom stereocenters. The van der Waals surface area contributed by atoms with E-state index in [1.165, 1.54) is 4.31 Å². The van der Waals surface area contributed by atoms with Gasteiger partial charge in [0, 0.05) is 20.1 Å². The second kappa shape index (κ2) is 8.32. The van der Waals surface area contributed by atoms with E-state index in [9.17, 15) is 8.42 Å². The zero-order chi connectivity index (χ0) is 15.9. The Labute approximate surface area is 128 Å². The van der Waals surface area contributed by atoms with Crippen LogP contribution < -0.4 is 5.32 Å². The molecule has 0 aliphatic heterocycles. The molecule has 0 bridgehead atoms. The molecule has 0 aromatic heterocycles. The summed E-state index contributed by atoms with van der Waals surface area (Å²) in [5, 5.41) is 3.30. The van der Waals surface area contributed by atoms with Crippen molar-refractivity contribution in [3.63, 3.8) is 0 Å². The van der Waals surface area contributed by atoms with E-state index in [0.717, 1.165) is 24.1 Å². The lowest BCUT2D eigenvalue weighted by atomic mass is 10.1. The van der Waals surface area contributed by atoms with Gasteiger partial charge in [-0.3, -0.25) is 0 Å². The topological polar surface area (TPSA) is 49.4 Å². The highest BCUT2D eigenvalue weighted by atomic mass is 32.2. The van der Waals surface area contributed by atoms with Gasteiger partial charge in [-0.15, -0.1) is 6.58 Å². The minimum absolute atomic E-state index is 0.309. The number of benzene rings is 1. The largest absolute Gasteiger partial charge is 0.313 e. The lowest BCUT2D eigenvalue weighted by molar-refractivity contribution is 0.498. The van der Waals surface area contributed by atoms with Crippen molar-refractivity contribution in [1.29, 1.82) is 0 Å². The fourth-order valence-electron chi connectivity index (χ4n) is 2.10. The predicted octanol–water partition coefficient (Wildman–Crippen LogP) is 2.56. The Morgan fingerprint density at radius 3 is 2.62 bits per heavy atom. The zero-order valence-corrected chi connectivity index (χ0v) is 14.0. The van der Waals surface area contributed by atoms with Gasteiger partial charge >= 0.3 is 0 Å². The molecule has 0 aliphatic carbocycles. The van der Waals surface area contributed by atoms with Crippen LogP contribution in [0, 0.1) is 0 Å². The highest BCUT2D eigenvalue weighted by Crippen LogP contribution is 2.22. The van der Waals surface area contributed by atoms with Crippen molar-refractivity contribution in [2.45, 2.75) is 38.1 Å². The Bertz CT molecular complexity index is 568. The highest BCUT2D eigenvalue weighted by molar-refractivity contribution is 7.89. The highest BCUT2D eigenvalue weighted by Gasteiger charge is 2.22. The van der Waals surface area contributed by atoms with E-state index in [1.807, 2.05) is 19.1 Å². The third-order valence-corrected chi connectivity index (χ3v) is 5.25. The smallest absolute Gasteiger partial charge is 0.243 e. The molecule has 0 atom stereocenters. The van der Waals surface area contributed by atoms with Gasteiger partial charge in [-0.25, -0.2) is 8.42 Å². The number of hydrogen-bond acceptors (Lipinski definition) is 3. The van der Waals surface area contributed by atoms with Crippen molar-refractivity contribution in [3.05, 3.63) is 42.0 Å². The van der Waals surface area contributed by atoms with Gasteiger partial charge < -0.3 is 5.32 Å². The molecule has 0 radical (unpaired) electrons. The first kappa shape index (κ1) is 17.9. The lowest BCUT2D eigenvalue weighted by Gasteiger charge is -2.18.